The summed E-state index contributed by atoms with van der Waals surface area (Å²) in [6, 6.07) is 11.4. The minimum Gasteiger partial charge on any atom is -0.465 e. The molecule has 10 heteroatoms. The van der Waals surface area contributed by atoms with Crippen molar-refractivity contribution < 1.29 is 23.8 Å². The van der Waals surface area contributed by atoms with Gasteiger partial charge in [0.25, 0.3) is 0 Å². The van der Waals surface area contributed by atoms with Crippen LogP contribution >= 0.6 is 11.6 Å². The highest BCUT2D eigenvalue weighted by atomic mass is 35.5. The Morgan fingerprint density at radius 3 is 2.46 bits per heavy atom. The van der Waals surface area contributed by atoms with Gasteiger partial charge in [0.15, 0.2) is 0 Å². The maximum absolute atomic E-state index is 13.7. The summed E-state index contributed by atoms with van der Waals surface area (Å²) in [5.41, 5.74) is 3.23. The van der Waals surface area contributed by atoms with Gasteiger partial charge in [0, 0.05) is 44.1 Å². The Kier molecular flexibility index (Phi) is 9.05. The van der Waals surface area contributed by atoms with Crippen molar-refractivity contribution >= 4 is 36.7 Å². The van der Waals surface area contributed by atoms with Gasteiger partial charge in [0.1, 0.15) is 12.5 Å². The molecule has 3 aromatic rings. The van der Waals surface area contributed by atoms with Crippen LogP contribution in [0.1, 0.15) is 42.7 Å². The van der Waals surface area contributed by atoms with Crippen molar-refractivity contribution in [2.45, 2.75) is 70.6 Å². The third-order valence-electron chi connectivity index (χ3n) is 7.75. The van der Waals surface area contributed by atoms with Crippen LogP contribution in [0.15, 0.2) is 36.4 Å². The fourth-order valence-electron chi connectivity index (χ4n) is 5.26. The molecule has 0 saturated carbocycles. The zero-order valence-electron chi connectivity index (χ0n) is 23.5. The molecule has 0 aliphatic carbocycles. The van der Waals surface area contributed by atoms with Crippen molar-refractivity contribution in [1.29, 1.82) is 0 Å². The lowest BCUT2D eigenvalue weighted by molar-refractivity contribution is 0.00527. The first-order chi connectivity index (χ1) is 18.4. The molecule has 1 N–H and O–H groups in total. The largest absolute Gasteiger partial charge is 0.465 e. The number of fused-ring (bicyclic) bond motifs is 1. The minimum absolute atomic E-state index is 0.295. The molecule has 1 aliphatic heterocycles. The Bertz CT molecular complexity index is 1300. The van der Waals surface area contributed by atoms with Crippen molar-refractivity contribution in [2.75, 3.05) is 26.3 Å². The second-order valence-corrected chi connectivity index (χ2v) is 17.8. The summed E-state index contributed by atoms with van der Waals surface area (Å²) in [6.45, 7) is 13.1. The monoisotopic (exact) mass is 575 g/mol. The third-order valence-corrected chi connectivity index (χ3v) is 9.77. The van der Waals surface area contributed by atoms with E-state index in [1.807, 2.05) is 30.7 Å². The molecule has 1 aromatic heterocycles. The molecule has 212 valence electrons. The summed E-state index contributed by atoms with van der Waals surface area (Å²) in [6.07, 6.45) is -0.0293. The molecule has 2 heterocycles. The van der Waals surface area contributed by atoms with Gasteiger partial charge in [-0.1, -0.05) is 49.4 Å². The number of aryl methyl sites for hydroxylation is 1. The number of nitrogens with zero attached hydrogens (tertiary/aromatic N) is 3. The number of amides is 1. The van der Waals surface area contributed by atoms with Crippen LogP contribution in [0.5, 0.6) is 0 Å². The van der Waals surface area contributed by atoms with Gasteiger partial charge in [0.05, 0.1) is 28.9 Å². The molecule has 0 unspecified atom stereocenters. The quantitative estimate of drug-likeness (QED) is 0.204. The van der Waals surface area contributed by atoms with Crippen LogP contribution in [0, 0.1) is 12.7 Å². The number of carboxylic acid groups (broad SMARTS) is 1. The average molecular weight is 576 g/mol. The van der Waals surface area contributed by atoms with Crippen molar-refractivity contribution in [1.82, 2.24) is 14.7 Å². The number of carbonyl (C=O) groups is 1. The zero-order chi connectivity index (χ0) is 28.4. The molecule has 1 aliphatic rings. The standard InChI is InChI=1S/C29H39ClFN3O4Si/c1-20-26-25(30)11-10-24(27(26)34(32-20)19-37-16-17-39(3,4)5)21(2)38-18-29(22-6-8-23(31)9-7-22)12-14-33(15-13-29)28(35)36/h6-11,21H,12-19H2,1-5H3,(H,35,36)/t21-/m0/s1. The number of likely N-dealkylation sites (tertiary alicyclic amines) is 1. The van der Waals surface area contributed by atoms with Crippen LogP contribution in [-0.4, -0.2) is 60.3 Å². The smallest absolute Gasteiger partial charge is 0.407 e. The van der Waals surface area contributed by atoms with Gasteiger partial charge in [-0.15, -0.1) is 0 Å². The van der Waals surface area contributed by atoms with Crippen molar-refractivity contribution in [3.63, 3.8) is 0 Å². The maximum Gasteiger partial charge on any atom is 0.407 e. The lowest BCUT2D eigenvalue weighted by atomic mass is 9.73. The maximum atomic E-state index is 13.7. The van der Waals surface area contributed by atoms with E-state index < -0.39 is 19.6 Å². The van der Waals surface area contributed by atoms with E-state index >= 15 is 0 Å². The Hall–Kier alpha value is -2.46. The van der Waals surface area contributed by atoms with Gasteiger partial charge in [-0.05, 0) is 56.5 Å². The number of halogens is 2. The Labute approximate surface area is 235 Å². The molecule has 2 aromatic carbocycles. The van der Waals surface area contributed by atoms with Crippen LogP contribution in [0.4, 0.5) is 9.18 Å². The van der Waals surface area contributed by atoms with E-state index in [2.05, 4.69) is 19.6 Å². The van der Waals surface area contributed by atoms with Crippen LogP contribution in [-0.2, 0) is 21.6 Å². The highest BCUT2D eigenvalue weighted by Crippen LogP contribution is 2.39. The van der Waals surface area contributed by atoms with Crippen LogP contribution in [0.2, 0.25) is 30.7 Å². The average Bonchev–Trinajstić information content (AvgIpc) is 3.22. The Morgan fingerprint density at radius 2 is 1.85 bits per heavy atom. The summed E-state index contributed by atoms with van der Waals surface area (Å²) in [7, 11) is -1.21. The lowest BCUT2D eigenvalue weighted by Crippen LogP contribution is -2.47. The highest BCUT2D eigenvalue weighted by molar-refractivity contribution is 6.76. The van der Waals surface area contributed by atoms with Crippen LogP contribution < -0.4 is 0 Å². The number of piperidine rings is 1. The molecular formula is C29H39ClFN3O4Si. The normalized spacial score (nSPS) is 16.5. The summed E-state index contributed by atoms with van der Waals surface area (Å²) >= 11 is 6.61. The summed E-state index contributed by atoms with van der Waals surface area (Å²) in [5.74, 6) is -0.301. The molecule has 1 amide bonds. The van der Waals surface area contributed by atoms with Gasteiger partial charge in [-0.2, -0.15) is 5.10 Å². The third kappa shape index (κ3) is 6.82. The number of rotatable bonds is 10. The van der Waals surface area contributed by atoms with Crippen LogP contribution in [0.3, 0.4) is 0 Å². The number of hydrogen-bond acceptors (Lipinski definition) is 4. The molecule has 1 saturated heterocycles. The molecule has 0 spiro atoms. The van der Waals surface area contributed by atoms with Crippen molar-refractivity contribution in [3.8, 4) is 0 Å². The first-order valence-corrected chi connectivity index (χ1v) is 17.6. The first kappa shape index (κ1) is 29.5. The Balaban J connectivity index is 1.58. The second-order valence-electron chi connectivity index (χ2n) is 11.8. The van der Waals surface area contributed by atoms with Crippen molar-refractivity contribution in [3.05, 3.63) is 64.1 Å². The zero-order valence-corrected chi connectivity index (χ0v) is 25.2. The van der Waals surface area contributed by atoms with E-state index in [-0.39, 0.29) is 11.9 Å². The number of benzene rings is 2. The SMILES string of the molecule is Cc1nn(COCC[Si](C)(C)C)c2c([C@H](C)OCC3(c4ccc(F)cc4)CCN(C(=O)O)CC3)ccc(Cl)c12. The van der Waals surface area contributed by atoms with Gasteiger partial charge in [-0.3, -0.25) is 0 Å². The number of ether oxygens (including phenoxy) is 2. The summed E-state index contributed by atoms with van der Waals surface area (Å²) < 4.78 is 28.2. The van der Waals surface area contributed by atoms with E-state index in [1.54, 1.807) is 12.1 Å². The highest BCUT2D eigenvalue weighted by Gasteiger charge is 2.38. The fourth-order valence-corrected chi connectivity index (χ4v) is 6.30. The van der Waals surface area contributed by atoms with Crippen LogP contribution in [0.25, 0.3) is 10.9 Å². The molecule has 0 radical (unpaired) electrons. The van der Waals surface area contributed by atoms with Crippen molar-refractivity contribution in [2.24, 2.45) is 0 Å². The predicted molar refractivity (Wildman–Crippen MR) is 155 cm³/mol. The molecule has 0 bridgehead atoms. The molecule has 1 atom stereocenters. The predicted octanol–water partition coefficient (Wildman–Crippen LogP) is 7.24. The lowest BCUT2D eigenvalue weighted by Gasteiger charge is -2.41. The molecule has 4 rings (SSSR count). The van der Waals surface area contributed by atoms with Gasteiger partial charge < -0.3 is 19.5 Å². The summed E-state index contributed by atoms with van der Waals surface area (Å²) in [5, 5.41) is 15.7. The van der Waals surface area contributed by atoms with E-state index in [9.17, 15) is 14.3 Å². The first-order valence-electron chi connectivity index (χ1n) is 13.5. The van der Waals surface area contributed by atoms with Gasteiger partial charge in [0.2, 0.25) is 0 Å². The second kappa shape index (κ2) is 12.0. The van der Waals surface area contributed by atoms with E-state index in [1.165, 1.54) is 17.0 Å². The van der Waals surface area contributed by atoms with E-state index in [0.29, 0.717) is 50.9 Å². The Morgan fingerprint density at radius 1 is 1.18 bits per heavy atom. The molecule has 39 heavy (non-hydrogen) atoms. The van der Waals surface area contributed by atoms with Gasteiger partial charge >= 0.3 is 6.09 Å². The minimum atomic E-state index is -1.21. The van der Waals surface area contributed by atoms with Gasteiger partial charge in [-0.25, -0.2) is 13.9 Å². The summed E-state index contributed by atoms with van der Waals surface area (Å²) in [4.78, 5) is 13.0. The van der Waals surface area contributed by atoms with E-state index in [4.69, 9.17) is 26.2 Å². The topological polar surface area (TPSA) is 76.8 Å². The molecule has 7 nitrogen and oxygen atoms in total. The molecule has 1 fully saturated rings. The molecular weight excluding hydrogens is 537 g/mol. The van der Waals surface area contributed by atoms with E-state index in [0.717, 1.165) is 33.8 Å². The number of hydrogen-bond donors (Lipinski definition) is 1. The number of aromatic nitrogens is 2. The fraction of sp³-hybridized carbons (Fsp3) is 0.517.